The number of halogens is 1. The summed E-state index contributed by atoms with van der Waals surface area (Å²) in [6, 6.07) is 7.80. The summed E-state index contributed by atoms with van der Waals surface area (Å²) in [5.41, 5.74) is 6.97. The van der Waals surface area contributed by atoms with Crippen LogP contribution in [0.3, 0.4) is 0 Å². The number of nitrogens with two attached hydrogens (primary N) is 1. The molecule has 70 valence electrons. The molecule has 2 nitrogen and oxygen atoms in total. The normalized spacial score (nSPS) is 27.8. The van der Waals surface area contributed by atoms with Gasteiger partial charge < -0.3 is 10.5 Å². The Morgan fingerprint density at radius 3 is 2.92 bits per heavy atom. The van der Waals surface area contributed by atoms with Crippen molar-refractivity contribution in [3.05, 3.63) is 34.9 Å². The second-order valence-electron chi connectivity index (χ2n) is 3.30. The van der Waals surface area contributed by atoms with Crippen LogP contribution in [0.25, 0.3) is 0 Å². The maximum atomic E-state index is 5.89. The lowest BCUT2D eigenvalue weighted by atomic mass is 10.0. The first-order valence-corrected chi connectivity index (χ1v) is 4.78. The van der Waals surface area contributed by atoms with Crippen LogP contribution in [0.15, 0.2) is 24.3 Å². The number of hydrogen-bond donors (Lipinski definition) is 1. The van der Waals surface area contributed by atoms with Crippen molar-refractivity contribution in [3.8, 4) is 0 Å². The monoisotopic (exact) mass is 197 g/mol. The fraction of sp³-hybridized carbons (Fsp3) is 0.400. The summed E-state index contributed by atoms with van der Waals surface area (Å²) in [7, 11) is 0. The summed E-state index contributed by atoms with van der Waals surface area (Å²) in [4.78, 5) is 0. The van der Waals surface area contributed by atoms with Crippen molar-refractivity contribution >= 4 is 11.6 Å². The summed E-state index contributed by atoms with van der Waals surface area (Å²) >= 11 is 5.87. The molecule has 1 aliphatic rings. The Labute approximate surface area is 82.6 Å². The molecular weight excluding hydrogens is 186 g/mol. The van der Waals surface area contributed by atoms with Gasteiger partial charge in [-0.2, -0.15) is 0 Å². The van der Waals surface area contributed by atoms with E-state index in [2.05, 4.69) is 0 Å². The van der Waals surface area contributed by atoms with E-state index in [1.165, 1.54) is 0 Å². The van der Waals surface area contributed by atoms with E-state index in [4.69, 9.17) is 22.1 Å². The summed E-state index contributed by atoms with van der Waals surface area (Å²) in [6.07, 6.45) is 0.954. The molecule has 3 heteroatoms. The van der Waals surface area contributed by atoms with Crippen LogP contribution in [0.5, 0.6) is 0 Å². The van der Waals surface area contributed by atoms with Crippen LogP contribution in [-0.2, 0) is 4.74 Å². The van der Waals surface area contributed by atoms with Crippen LogP contribution in [0.4, 0.5) is 0 Å². The molecule has 1 heterocycles. The predicted octanol–water partition coefficient (Wildman–Crippen LogP) is 2.13. The Hall–Kier alpha value is -0.570. The molecule has 0 amide bonds. The minimum atomic E-state index is 0.0266. The van der Waals surface area contributed by atoms with Crippen LogP contribution in [-0.4, -0.2) is 12.6 Å². The van der Waals surface area contributed by atoms with Crippen LogP contribution in [0.1, 0.15) is 18.1 Å². The highest BCUT2D eigenvalue weighted by atomic mass is 35.5. The van der Waals surface area contributed by atoms with Gasteiger partial charge in [0.25, 0.3) is 0 Å². The van der Waals surface area contributed by atoms with Crippen molar-refractivity contribution in [1.29, 1.82) is 0 Å². The molecule has 1 saturated heterocycles. The quantitative estimate of drug-likeness (QED) is 0.749. The van der Waals surface area contributed by atoms with Gasteiger partial charge in [0.05, 0.1) is 6.10 Å². The molecule has 1 aromatic rings. The molecule has 0 saturated carbocycles. The van der Waals surface area contributed by atoms with Gasteiger partial charge in [0.2, 0.25) is 0 Å². The number of ether oxygens (including phenoxy) is 1. The van der Waals surface area contributed by atoms with E-state index in [0.29, 0.717) is 0 Å². The summed E-state index contributed by atoms with van der Waals surface area (Å²) in [5.74, 6) is 0. The molecule has 2 atom stereocenters. The Morgan fingerprint density at radius 1 is 1.46 bits per heavy atom. The lowest BCUT2D eigenvalue weighted by molar-refractivity contribution is 0.105. The van der Waals surface area contributed by atoms with E-state index in [-0.39, 0.29) is 12.1 Å². The van der Waals surface area contributed by atoms with Crippen molar-refractivity contribution < 1.29 is 4.74 Å². The average Bonchev–Trinajstić information content (AvgIpc) is 2.51. The SMILES string of the molecule is NC1CCOC1c1cccc(Cl)c1. The van der Waals surface area contributed by atoms with E-state index in [9.17, 15) is 0 Å². The van der Waals surface area contributed by atoms with Crippen molar-refractivity contribution in [2.24, 2.45) is 5.73 Å². The van der Waals surface area contributed by atoms with E-state index < -0.39 is 0 Å². The van der Waals surface area contributed by atoms with Gasteiger partial charge in [0.15, 0.2) is 0 Å². The van der Waals surface area contributed by atoms with Crippen molar-refractivity contribution in [3.63, 3.8) is 0 Å². The zero-order valence-electron chi connectivity index (χ0n) is 7.24. The van der Waals surface area contributed by atoms with Gasteiger partial charge in [-0.15, -0.1) is 0 Å². The standard InChI is InChI=1S/C10H12ClNO/c11-8-3-1-2-7(6-8)10-9(12)4-5-13-10/h1-3,6,9-10H,4-5,12H2. The Kier molecular flexibility index (Phi) is 2.54. The molecule has 2 N–H and O–H groups in total. The van der Waals surface area contributed by atoms with Gasteiger partial charge in [-0.1, -0.05) is 23.7 Å². The Balaban J connectivity index is 2.24. The summed E-state index contributed by atoms with van der Waals surface area (Å²) < 4.78 is 5.52. The molecule has 2 rings (SSSR count). The maximum absolute atomic E-state index is 5.89. The third-order valence-electron chi connectivity index (χ3n) is 2.31. The summed E-state index contributed by atoms with van der Waals surface area (Å²) in [6.45, 7) is 0.748. The second kappa shape index (κ2) is 3.66. The van der Waals surface area contributed by atoms with Gasteiger partial charge in [-0.25, -0.2) is 0 Å². The number of benzene rings is 1. The molecule has 2 unspecified atom stereocenters. The number of hydrogen-bond acceptors (Lipinski definition) is 2. The highest BCUT2D eigenvalue weighted by Gasteiger charge is 2.26. The zero-order chi connectivity index (χ0) is 9.26. The Bertz CT molecular complexity index is 303. The van der Waals surface area contributed by atoms with Crippen LogP contribution in [0, 0.1) is 0 Å². The molecule has 1 fully saturated rings. The minimum absolute atomic E-state index is 0.0266. The zero-order valence-corrected chi connectivity index (χ0v) is 8.00. The third kappa shape index (κ3) is 1.85. The average molecular weight is 198 g/mol. The Morgan fingerprint density at radius 2 is 2.31 bits per heavy atom. The molecule has 0 aliphatic carbocycles. The fourth-order valence-electron chi connectivity index (χ4n) is 1.63. The van der Waals surface area contributed by atoms with Crippen molar-refractivity contribution in [2.75, 3.05) is 6.61 Å². The highest BCUT2D eigenvalue weighted by Crippen LogP contribution is 2.28. The molecule has 0 radical (unpaired) electrons. The van der Waals surface area contributed by atoms with Crippen LogP contribution in [0.2, 0.25) is 5.02 Å². The molecule has 13 heavy (non-hydrogen) atoms. The van der Waals surface area contributed by atoms with Crippen LogP contribution >= 0.6 is 11.6 Å². The minimum Gasteiger partial charge on any atom is -0.372 e. The first kappa shape index (κ1) is 9.00. The first-order chi connectivity index (χ1) is 6.27. The lowest BCUT2D eigenvalue weighted by Crippen LogP contribution is -2.23. The second-order valence-corrected chi connectivity index (χ2v) is 3.74. The third-order valence-corrected chi connectivity index (χ3v) is 2.55. The summed E-state index contributed by atoms with van der Waals surface area (Å²) in [5, 5.41) is 0.736. The molecule has 1 aliphatic heterocycles. The van der Waals surface area contributed by atoms with Gasteiger partial charge in [0, 0.05) is 17.7 Å². The van der Waals surface area contributed by atoms with Crippen molar-refractivity contribution in [1.82, 2.24) is 0 Å². The first-order valence-electron chi connectivity index (χ1n) is 4.40. The highest BCUT2D eigenvalue weighted by molar-refractivity contribution is 6.30. The number of rotatable bonds is 1. The van der Waals surface area contributed by atoms with E-state index in [0.717, 1.165) is 23.6 Å². The van der Waals surface area contributed by atoms with Gasteiger partial charge in [-0.3, -0.25) is 0 Å². The fourth-order valence-corrected chi connectivity index (χ4v) is 1.83. The molecular formula is C10H12ClNO. The van der Waals surface area contributed by atoms with Gasteiger partial charge in [-0.05, 0) is 24.1 Å². The van der Waals surface area contributed by atoms with Gasteiger partial charge >= 0.3 is 0 Å². The van der Waals surface area contributed by atoms with Crippen molar-refractivity contribution in [2.45, 2.75) is 18.6 Å². The van der Waals surface area contributed by atoms with Gasteiger partial charge in [0.1, 0.15) is 0 Å². The van der Waals surface area contributed by atoms with E-state index in [1.54, 1.807) is 0 Å². The smallest absolute Gasteiger partial charge is 0.0977 e. The maximum Gasteiger partial charge on any atom is 0.0977 e. The molecule has 0 aromatic heterocycles. The van der Waals surface area contributed by atoms with Crippen LogP contribution < -0.4 is 5.73 Å². The molecule has 1 aromatic carbocycles. The van der Waals surface area contributed by atoms with E-state index >= 15 is 0 Å². The molecule has 0 bridgehead atoms. The predicted molar refractivity (Wildman–Crippen MR) is 52.7 cm³/mol. The topological polar surface area (TPSA) is 35.2 Å². The van der Waals surface area contributed by atoms with E-state index in [1.807, 2.05) is 24.3 Å². The largest absolute Gasteiger partial charge is 0.372 e. The molecule has 0 spiro atoms. The lowest BCUT2D eigenvalue weighted by Gasteiger charge is -2.14.